The molecule has 0 unspecified atom stereocenters. The van der Waals surface area contributed by atoms with Crippen molar-refractivity contribution in [2.75, 3.05) is 29.9 Å². The molecule has 1 heterocycles. The molecule has 21 heavy (non-hydrogen) atoms. The molecule has 0 saturated carbocycles. The van der Waals surface area contributed by atoms with Crippen LogP contribution in [0.15, 0.2) is 48.5 Å². The first-order valence-electron chi connectivity index (χ1n) is 6.74. The lowest BCUT2D eigenvalue weighted by molar-refractivity contribution is -0.115. The Morgan fingerprint density at radius 2 is 1.95 bits per heavy atom. The molecule has 0 fully saturated rings. The number of benzene rings is 2. The maximum Gasteiger partial charge on any atom is 0.243 e. The van der Waals surface area contributed by atoms with Gasteiger partial charge in [-0.15, -0.1) is 0 Å². The van der Waals surface area contributed by atoms with Gasteiger partial charge in [0.1, 0.15) is 18.2 Å². The molecule has 0 atom stereocenters. The zero-order valence-electron chi connectivity index (χ0n) is 11.4. The lowest BCUT2D eigenvalue weighted by atomic mass is 10.2. The molecule has 3 rings (SSSR count). The lowest BCUT2D eigenvalue weighted by Crippen LogP contribution is -2.38. The third-order valence-corrected chi connectivity index (χ3v) is 3.29. The number of nitrogens with zero attached hydrogens (tertiary/aromatic N) is 1. The standard InChI is InChI=1S/C16H15FN2O2/c17-12-5-7-13(8-6-12)18-16(20)11-19-9-10-21-15-4-2-1-3-14(15)19/h1-8H,9-11H2,(H,18,20). The number of ether oxygens (including phenoxy) is 1. The van der Waals surface area contributed by atoms with Crippen LogP contribution in [-0.2, 0) is 4.79 Å². The monoisotopic (exact) mass is 286 g/mol. The van der Waals surface area contributed by atoms with Crippen molar-refractivity contribution in [1.29, 1.82) is 0 Å². The average molecular weight is 286 g/mol. The molecule has 2 aromatic carbocycles. The van der Waals surface area contributed by atoms with E-state index in [4.69, 9.17) is 4.74 Å². The third-order valence-electron chi connectivity index (χ3n) is 3.29. The van der Waals surface area contributed by atoms with E-state index in [-0.39, 0.29) is 18.3 Å². The lowest BCUT2D eigenvalue weighted by Gasteiger charge is -2.30. The van der Waals surface area contributed by atoms with Gasteiger partial charge in [-0.1, -0.05) is 12.1 Å². The largest absolute Gasteiger partial charge is 0.490 e. The zero-order chi connectivity index (χ0) is 14.7. The first kappa shape index (κ1) is 13.4. The molecular weight excluding hydrogens is 271 g/mol. The number of amides is 1. The molecule has 0 aromatic heterocycles. The molecule has 0 bridgehead atoms. The van der Waals surface area contributed by atoms with E-state index in [1.54, 1.807) is 12.1 Å². The highest BCUT2D eigenvalue weighted by molar-refractivity contribution is 5.94. The van der Waals surface area contributed by atoms with Gasteiger partial charge in [0.2, 0.25) is 5.91 Å². The Morgan fingerprint density at radius 1 is 1.19 bits per heavy atom. The van der Waals surface area contributed by atoms with Crippen LogP contribution in [0.1, 0.15) is 0 Å². The summed E-state index contributed by atoms with van der Waals surface area (Å²) in [7, 11) is 0. The zero-order valence-corrected chi connectivity index (χ0v) is 11.4. The topological polar surface area (TPSA) is 41.6 Å². The summed E-state index contributed by atoms with van der Waals surface area (Å²) < 4.78 is 18.4. The molecule has 108 valence electrons. The van der Waals surface area contributed by atoms with E-state index in [0.717, 1.165) is 11.4 Å². The van der Waals surface area contributed by atoms with Crippen LogP contribution in [0.25, 0.3) is 0 Å². The number of halogens is 1. The molecule has 0 aliphatic carbocycles. The quantitative estimate of drug-likeness (QED) is 0.943. The van der Waals surface area contributed by atoms with E-state index < -0.39 is 0 Å². The Balaban J connectivity index is 1.67. The summed E-state index contributed by atoms with van der Waals surface area (Å²) in [4.78, 5) is 14.1. The van der Waals surface area contributed by atoms with Crippen molar-refractivity contribution in [3.63, 3.8) is 0 Å². The predicted octanol–water partition coefficient (Wildman–Crippen LogP) is 2.66. The van der Waals surface area contributed by atoms with Crippen LogP contribution in [-0.4, -0.2) is 25.6 Å². The second-order valence-corrected chi connectivity index (χ2v) is 4.79. The Morgan fingerprint density at radius 3 is 2.76 bits per heavy atom. The molecule has 0 radical (unpaired) electrons. The van der Waals surface area contributed by atoms with Crippen LogP contribution in [0.4, 0.5) is 15.8 Å². The summed E-state index contributed by atoms with van der Waals surface area (Å²) in [5.41, 5.74) is 1.50. The molecule has 1 N–H and O–H groups in total. The van der Waals surface area contributed by atoms with Gasteiger partial charge in [0.25, 0.3) is 0 Å². The predicted molar refractivity (Wildman–Crippen MR) is 79.2 cm³/mol. The second-order valence-electron chi connectivity index (χ2n) is 4.79. The normalized spacial score (nSPS) is 13.3. The number of hydrogen-bond donors (Lipinski definition) is 1. The van der Waals surface area contributed by atoms with Crippen LogP contribution in [0.5, 0.6) is 5.75 Å². The summed E-state index contributed by atoms with van der Waals surface area (Å²) in [6, 6.07) is 13.4. The highest BCUT2D eigenvalue weighted by Crippen LogP contribution is 2.30. The van der Waals surface area contributed by atoms with E-state index in [9.17, 15) is 9.18 Å². The van der Waals surface area contributed by atoms with E-state index in [1.807, 2.05) is 29.2 Å². The van der Waals surface area contributed by atoms with E-state index in [2.05, 4.69) is 5.32 Å². The first-order valence-corrected chi connectivity index (χ1v) is 6.74. The van der Waals surface area contributed by atoms with Crippen molar-refractivity contribution in [2.24, 2.45) is 0 Å². The van der Waals surface area contributed by atoms with Crippen LogP contribution in [0.3, 0.4) is 0 Å². The van der Waals surface area contributed by atoms with Gasteiger partial charge in [-0.25, -0.2) is 4.39 Å². The van der Waals surface area contributed by atoms with Crippen molar-refractivity contribution in [1.82, 2.24) is 0 Å². The van der Waals surface area contributed by atoms with Crippen LogP contribution >= 0.6 is 0 Å². The summed E-state index contributed by atoms with van der Waals surface area (Å²) in [6.45, 7) is 1.45. The summed E-state index contributed by atoms with van der Waals surface area (Å²) in [5.74, 6) is 0.326. The average Bonchev–Trinajstić information content (AvgIpc) is 2.50. The third kappa shape index (κ3) is 3.13. The molecule has 4 nitrogen and oxygen atoms in total. The van der Waals surface area contributed by atoms with Gasteiger partial charge >= 0.3 is 0 Å². The van der Waals surface area contributed by atoms with Crippen LogP contribution in [0.2, 0.25) is 0 Å². The minimum Gasteiger partial charge on any atom is -0.490 e. The second kappa shape index (κ2) is 5.83. The van der Waals surface area contributed by atoms with Crippen LogP contribution in [0, 0.1) is 5.82 Å². The number of fused-ring (bicyclic) bond motifs is 1. The maximum absolute atomic E-state index is 12.8. The minimum absolute atomic E-state index is 0.140. The van der Waals surface area contributed by atoms with Gasteiger partial charge in [-0.05, 0) is 36.4 Å². The molecule has 0 spiro atoms. The van der Waals surface area contributed by atoms with E-state index in [1.165, 1.54) is 12.1 Å². The summed E-state index contributed by atoms with van der Waals surface area (Å²) in [5, 5.41) is 2.76. The Hall–Kier alpha value is -2.56. The van der Waals surface area contributed by atoms with E-state index in [0.29, 0.717) is 18.8 Å². The fraction of sp³-hybridized carbons (Fsp3) is 0.188. The fourth-order valence-corrected chi connectivity index (χ4v) is 2.30. The number of anilines is 2. The summed E-state index contributed by atoms with van der Waals surface area (Å²) in [6.07, 6.45) is 0. The van der Waals surface area contributed by atoms with Crippen molar-refractivity contribution in [3.05, 3.63) is 54.3 Å². The molecule has 5 heteroatoms. The van der Waals surface area contributed by atoms with E-state index >= 15 is 0 Å². The Labute approximate surface area is 122 Å². The van der Waals surface area contributed by atoms with Gasteiger partial charge in [0.15, 0.2) is 0 Å². The van der Waals surface area contributed by atoms with Crippen molar-refractivity contribution in [3.8, 4) is 5.75 Å². The molecule has 1 aliphatic heterocycles. The summed E-state index contributed by atoms with van der Waals surface area (Å²) >= 11 is 0. The van der Waals surface area contributed by atoms with Gasteiger partial charge in [-0.2, -0.15) is 0 Å². The van der Waals surface area contributed by atoms with Crippen molar-refractivity contribution in [2.45, 2.75) is 0 Å². The number of carbonyl (C=O) groups is 1. The van der Waals surface area contributed by atoms with Crippen LogP contribution < -0.4 is 15.0 Å². The number of para-hydroxylation sites is 2. The first-order chi connectivity index (χ1) is 10.2. The highest BCUT2D eigenvalue weighted by atomic mass is 19.1. The number of rotatable bonds is 3. The molecular formula is C16H15FN2O2. The Bertz CT molecular complexity index is 643. The molecule has 1 amide bonds. The van der Waals surface area contributed by atoms with Gasteiger partial charge < -0.3 is 15.0 Å². The SMILES string of the molecule is O=C(CN1CCOc2ccccc21)Nc1ccc(F)cc1. The number of hydrogen-bond acceptors (Lipinski definition) is 3. The van der Waals surface area contributed by atoms with Crippen molar-refractivity contribution < 1.29 is 13.9 Å². The maximum atomic E-state index is 12.8. The van der Waals surface area contributed by atoms with Gasteiger partial charge in [0, 0.05) is 5.69 Å². The highest BCUT2D eigenvalue weighted by Gasteiger charge is 2.19. The molecule has 2 aromatic rings. The number of nitrogens with one attached hydrogen (secondary N) is 1. The fourth-order valence-electron chi connectivity index (χ4n) is 2.30. The minimum atomic E-state index is -0.324. The molecule has 1 aliphatic rings. The number of carbonyl (C=O) groups excluding carboxylic acids is 1. The van der Waals surface area contributed by atoms with Gasteiger partial charge in [-0.3, -0.25) is 4.79 Å². The smallest absolute Gasteiger partial charge is 0.243 e. The molecule has 0 saturated heterocycles. The van der Waals surface area contributed by atoms with Crippen molar-refractivity contribution >= 4 is 17.3 Å². The van der Waals surface area contributed by atoms with Gasteiger partial charge in [0.05, 0.1) is 18.8 Å². The Kier molecular flexibility index (Phi) is 3.73.